The number of rotatable bonds is 2. The standard InChI is InChI=1S/C14H12BrCl/c1-10-3-2-4-13(14(10)9-15)11-5-7-12(16)8-6-11/h2-8H,9H2,1H3. The van der Waals surface area contributed by atoms with Crippen LogP contribution < -0.4 is 0 Å². The van der Waals surface area contributed by atoms with Gasteiger partial charge in [-0.15, -0.1) is 0 Å². The van der Waals surface area contributed by atoms with Crippen molar-refractivity contribution in [1.29, 1.82) is 0 Å². The highest BCUT2D eigenvalue weighted by Crippen LogP contribution is 2.28. The van der Waals surface area contributed by atoms with Gasteiger partial charge in [0.2, 0.25) is 0 Å². The maximum atomic E-state index is 5.89. The summed E-state index contributed by atoms with van der Waals surface area (Å²) in [5.41, 5.74) is 5.13. The van der Waals surface area contributed by atoms with Crippen LogP contribution in [0.2, 0.25) is 5.02 Å². The monoisotopic (exact) mass is 294 g/mol. The zero-order valence-corrected chi connectivity index (χ0v) is 11.3. The van der Waals surface area contributed by atoms with Crippen LogP contribution in [0.25, 0.3) is 11.1 Å². The van der Waals surface area contributed by atoms with E-state index in [-0.39, 0.29) is 0 Å². The van der Waals surface area contributed by atoms with Crippen molar-refractivity contribution in [3.05, 3.63) is 58.6 Å². The fourth-order valence-electron chi connectivity index (χ4n) is 1.78. The van der Waals surface area contributed by atoms with Gasteiger partial charge in [-0.25, -0.2) is 0 Å². The van der Waals surface area contributed by atoms with Crippen LogP contribution in [-0.2, 0) is 5.33 Å². The van der Waals surface area contributed by atoms with E-state index in [1.807, 2.05) is 12.1 Å². The van der Waals surface area contributed by atoms with Crippen molar-refractivity contribution in [3.8, 4) is 11.1 Å². The van der Waals surface area contributed by atoms with Crippen molar-refractivity contribution in [1.82, 2.24) is 0 Å². The fourth-order valence-corrected chi connectivity index (χ4v) is 2.65. The lowest BCUT2D eigenvalue weighted by molar-refractivity contribution is 1.32. The number of aryl methyl sites for hydroxylation is 1. The van der Waals surface area contributed by atoms with E-state index in [0.29, 0.717) is 0 Å². The first-order valence-electron chi connectivity index (χ1n) is 5.13. The first kappa shape index (κ1) is 11.7. The van der Waals surface area contributed by atoms with E-state index in [4.69, 9.17) is 11.6 Å². The summed E-state index contributed by atoms with van der Waals surface area (Å²) in [6.45, 7) is 2.13. The summed E-state index contributed by atoms with van der Waals surface area (Å²) in [6.07, 6.45) is 0. The highest BCUT2D eigenvalue weighted by atomic mass is 79.9. The maximum Gasteiger partial charge on any atom is 0.0406 e. The summed E-state index contributed by atoms with van der Waals surface area (Å²) in [4.78, 5) is 0. The average molecular weight is 296 g/mol. The van der Waals surface area contributed by atoms with Gasteiger partial charge in [0.1, 0.15) is 0 Å². The molecule has 2 aromatic carbocycles. The molecule has 0 fully saturated rings. The minimum absolute atomic E-state index is 0.775. The van der Waals surface area contributed by atoms with E-state index in [9.17, 15) is 0 Å². The Bertz CT molecular complexity index is 489. The van der Waals surface area contributed by atoms with Gasteiger partial charge in [-0.05, 0) is 41.3 Å². The van der Waals surface area contributed by atoms with Gasteiger partial charge in [-0.1, -0.05) is 57.9 Å². The zero-order chi connectivity index (χ0) is 11.5. The Morgan fingerprint density at radius 2 is 1.75 bits per heavy atom. The van der Waals surface area contributed by atoms with Crippen LogP contribution in [0.15, 0.2) is 42.5 Å². The molecule has 0 amide bonds. The zero-order valence-electron chi connectivity index (χ0n) is 9.00. The Balaban J connectivity index is 2.55. The van der Waals surface area contributed by atoms with Gasteiger partial charge in [-0.2, -0.15) is 0 Å². The summed E-state index contributed by atoms with van der Waals surface area (Å²) in [5, 5.41) is 1.65. The summed E-state index contributed by atoms with van der Waals surface area (Å²) < 4.78 is 0. The van der Waals surface area contributed by atoms with Crippen molar-refractivity contribution in [2.75, 3.05) is 0 Å². The molecule has 0 heterocycles. The minimum Gasteiger partial charge on any atom is -0.0876 e. The van der Waals surface area contributed by atoms with Gasteiger partial charge >= 0.3 is 0 Å². The van der Waals surface area contributed by atoms with E-state index >= 15 is 0 Å². The Morgan fingerprint density at radius 1 is 1.06 bits per heavy atom. The number of alkyl halides is 1. The molecule has 0 saturated heterocycles. The molecule has 0 radical (unpaired) electrons. The Morgan fingerprint density at radius 3 is 2.38 bits per heavy atom. The van der Waals surface area contributed by atoms with Crippen molar-refractivity contribution in [2.45, 2.75) is 12.3 Å². The highest BCUT2D eigenvalue weighted by Gasteiger charge is 2.06. The molecule has 16 heavy (non-hydrogen) atoms. The summed E-state index contributed by atoms with van der Waals surface area (Å²) in [5.74, 6) is 0. The third-order valence-electron chi connectivity index (χ3n) is 2.70. The lowest BCUT2D eigenvalue weighted by Gasteiger charge is -2.10. The minimum atomic E-state index is 0.775. The van der Waals surface area contributed by atoms with Crippen LogP contribution in [0.5, 0.6) is 0 Å². The van der Waals surface area contributed by atoms with Crippen LogP contribution in [0.1, 0.15) is 11.1 Å². The summed E-state index contributed by atoms with van der Waals surface area (Å²) in [6, 6.07) is 14.3. The van der Waals surface area contributed by atoms with E-state index < -0.39 is 0 Å². The van der Waals surface area contributed by atoms with Gasteiger partial charge in [0.05, 0.1) is 0 Å². The Labute approximate surface area is 109 Å². The molecule has 2 heteroatoms. The third kappa shape index (κ3) is 2.31. The molecule has 0 spiro atoms. The molecule has 2 rings (SSSR count). The Hall–Kier alpha value is -0.790. The van der Waals surface area contributed by atoms with Crippen molar-refractivity contribution in [3.63, 3.8) is 0 Å². The molecule has 0 saturated carbocycles. The first-order chi connectivity index (χ1) is 7.72. The second kappa shape index (κ2) is 5.03. The van der Waals surface area contributed by atoms with Gasteiger partial charge in [0, 0.05) is 10.4 Å². The molecule has 2 aromatic rings. The molecule has 0 atom stereocenters. The van der Waals surface area contributed by atoms with E-state index in [1.54, 1.807) is 0 Å². The van der Waals surface area contributed by atoms with E-state index in [2.05, 4.69) is 53.2 Å². The van der Waals surface area contributed by atoms with Crippen LogP contribution >= 0.6 is 27.5 Å². The predicted molar refractivity (Wildman–Crippen MR) is 74.3 cm³/mol. The van der Waals surface area contributed by atoms with Crippen LogP contribution in [0.4, 0.5) is 0 Å². The van der Waals surface area contributed by atoms with Gasteiger partial charge in [0.15, 0.2) is 0 Å². The molecular formula is C14H12BrCl. The Kier molecular flexibility index (Phi) is 3.67. The number of halogens is 2. The molecule has 0 aliphatic carbocycles. The molecule has 0 N–H and O–H groups in total. The fraction of sp³-hybridized carbons (Fsp3) is 0.143. The first-order valence-corrected chi connectivity index (χ1v) is 6.62. The van der Waals surface area contributed by atoms with Crippen molar-refractivity contribution < 1.29 is 0 Å². The van der Waals surface area contributed by atoms with Crippen LogP contribution in [-0.4, -0.2) is 0 Å². The largest absolute Gasteiger partial charge is 0.0876 e. The lowest BCUT2D eigenvalue weighted by atomic mass is 9.97. The quantitative estimate of drug-likeness (QED) is 0.667. The third-order valence-corrected chi connectivity index (χ3v) is 3.51. The predicted octanol–water partition coefficient (Wildman–Crippen LogP) is 5.21. The summed E-state index contributed by atoms with van der Waals surface area (Å²) >= 11 is 9.44. The smallest absolute Gasteiger partial charge is 0.0406 e. The summed E-state index contributed by atoms with van der Waals surface area (Å²) in [7, 11) is 0. The number of benzene rings is 2. The number of hydrogen-bond donors (Lipinski definition) is 0. The maximum absolute atomic E-state index is 5.89. The molecule has 82 valence electrons. The molecule has 0 unspecified atom stereocenters. The molecule has 0 bridgehead atoms. The molecular weight excluding hydrogens is 284 g/mol. The SMILES string of the molecule is Cc1cccc(-c2ccc(Cl)cc2)c1CBr. The van der Waals surface area contributed by atoms with E-state index in [1.165, 1.54) is 22.3 Å². The van der Waals surface area contributed by atoms with Gasteiger partial charge < -0.3 is 0 Å². The second-order valence-corrected chi connectivity index (χ2v) is 4.74. The van der Waals surface area contributed by atoms with Crippen LogP contribution in [0.3, 0.4) is 0 Å². The normalized spacial score (nSPS) is 10.4. The topological polar surface area (TPSA) is 0 Å². The second-order valence-electron chi connectivity index (χ2n) is 3.74. The molecule has 0 aliphatic heterocycles. The molecule has 0 aromatic heterocycles. The molecule has 0 nitrogen and oxygen atoms in total. The van der Waals surface area contributed by atoms with Gasteiger partial charge in [-0.3, -0.25) is 0 Å². The van der Waals surface area contributed by atoms with Crippen LogP contribution in [0, 0.1) is 6.92 Å². The van der Waals surface area contributed by atoms with Gasteiger partial charge in [0.25, 0.3) is 0 Å². The van der Waals surface area contributed by atoms with Crippen molar-refractivity contribution >= 4 is 27.5 Å². The average Bonchev–Trinajstić information content (AvgIpc) is 2.30. The van der Waals surface area contributed by atoms with E-state index in [0.717, 1.165) is 10.4 Å². The molecule has 0 aliphatic rings. The number of hydrogen-bond acceptors (Lipinski definition) is 0. The highest BCUT2D eigenvalue weighted by molar-refractivity contribution is 9.08. The van der Waals surface area contributed by atoms with Crippen molar-refractivity contribution in [2.24, 2.45) is 0 Å². The lowest BCUT2D eigenvalue weighted by Crippen LogP contribution is -1.89.